The smallest absolute Gasteiger partial charge is 0.416 e. The first-order valence-electron chi connectivity index (χ1n) is 13.7. The summed E-state index contributed by atoms with van der Waals surface area (Å²) in [6.45, 7) is 3.52. The molecule has 0 N–H and O–H groups in total. The van der Waals surface area contributed by atoms with Crippen LogP contribution in [-0.2, 0) is 10.9 Å². The van der Waals surface area contributed by atoms with Crippen molar-refractivity contribution < 1.29 is 32.4 Å². The van der Waals surface area contributed by atoms with E-state index < -0.39 is 27.8 Å². The van der Waals surface area contributed by atoms with E-state index in [0.717, 1.165) is 56.7 Å². The van der Waals surface area contributed by atoms with Gasteiger partial charge in [0.1, 0.15) is 16.6 Å². The number of nitro groups is 1. The summed E-state index contributed by atoms with van der Waals surface area (Å²) in [5, 5.41) is 11.8. The molecule has 42 heavy (non-hydrogen) atoms. The highest BCUT2D eigenvalue weighted by molar-refractivity contribution is 7.22. The molecular weight excluding hydrogens is 575 g/mol. The maximum Gasteiger partial charge on any atom is 0.416 e. The molecule has 0 radical (unpaired) electrons. The first-order chi connectivity index (χ1) is 20.0. The zero-order valence-corrected chi connectivity index (χ0v) is 23.7. The van der Waals surface area contributed by atoms with Gasteiger partial charge in [0.05, 0.1) is 28.2 Å². The quantitative estimate of drug-likeness (QED) is 0.191. The first kappa shape index (κ1) is 29.8. The van der Waals surface area contributed by atoms with Gasteiger partial charge in [-0.3, -0.25) is 19.8 Å². The highest BCUT2D eigenvalue weighted by Gasteiger charge is 2.34. The van der Waals surface area contributed by atoms with Gasteiger partial charge in [-0.25, -0.2) is 4.79 Å². The van der Waals surface area contributed by atoms with Crippen LogP contribution in [0.15, 0.2) is 47.3 Å². The van der Waals surface area contributed by atoms with Crippen molar-refractivity contribution in [3.63, 3.8) is 0 Å². The standard InChI is InChI=1S/C29H30F3N3O6S/c1-40-21-8-4-19(5-9-21)28(37)41-22-6-2-18(3-7-22)17-33-10-12-34(13-11-33)26-16-25(36)23-14-20(29(30,31)32)15-24(35(38)39)27(23)42-26/h4-5,8-9,14-16,18,22H,2-3,6-7,10-13,17H2,1H3. The van der Waals surface area contributed by atoms with Gasteiger partial charge in [0.15, 0.2) is 5.43 Å². The number of anilines is 1. The van der Waals surface area contributed by atoms with Gasteiger partial charge >= 0.3 is 12.1 Å². The molecule has 1 aromatic heterocycles. The molecule has 224 valence electrons. The molecule has 9 nitrogen and oxygen atoms in total. The summed E-state index contributed by atoms with van der Waals surface area (Å²) in [5.74, 6) is 0.807. The van der Waals surface area contributed by atoms with Crippen molar-refractivity contribution in [2.75, 3.05) is 44.7 Å². The van der Waals surface area contributed by atoms with Crippen LogP contribution in [0.25, 0.3) is 10.1 Å². The third kappa shape index (κ3) is 6.67. The number of rotatable bonds is 7. The number of nitrogens with zero attached hydrogens (tertiary/aromatic N) is 3. The Bertz CT molecular complexity index is 1510. The van der Waals surface area contributed by atoms with Gasteiger partial charge in [0.2, 0.25) is 0 Å². The molecule has 0 unspecified atom stereocenters. The van der Waals surface area contributed by atoms with E-state index >= 15 is 0 Å². The van der Waals surface area contributed by atoms with E-state index in [-0.39, 0.29) is 22.2 Å². The third-order valence-electron chi connectivity index (χ3n) is 7.91. The number of halogens is 3. The number of nitro benzene ring substituents is 1. The Morgan fingerprint density at radius 2 is 1.71 bits per heavy atom. The Morgan fingerprint density at radius 3 is 2.31 bits per heavy atom. The molecule has 2 aromatic carbocycles. The van der Waals surface area contributed by atoms with E-state index in [1.165, 1.54) is 6.07 Å². The lowest BCUT2D eigenvalue weighted by Gasteiger charge is -2.38. The number of carbonyl (C=O) groups excluding carboxylic acids is 1. The predicted octanol–water partition coefficient (Wildman–Crippen LogP) is 5.73. The minimum Gasteiger partial charge on any atom is -0.497 e. The molecule has 0 bridgehead atoms. The number of alkyl halides is 3. The van der Waals surface area contributed by atoms with Crippen molar-refractivity contribution in [3.05, 3.63) is 73.9 Å². The van der Waals surface area contributed by atoms with Crippen LogP contribution in [0, 0.1) is 16.0 Å². The van der Waals surface area contributed by atoms with E-state index in [0.29, 0.717) is 47.5 Å². The lowest BCUT2D eigenvalue weighted by Crippen LogP contribution is -2.48. The van der Waals surface area contributed by atoms with Crippen molar-refractivity contribution in [2.24, 2.45) is 5.92 Å². The third-order valence-corrected chi connectivity index (χ3v) is 9.13. The van der Waals surface area contributed by atoms with Crippen LogP contribution < -0.4 is 15.1 Å². The molecule has 1 aliphatic carbocycles. The summed E-state index contributed by atoms with van der Waals surface area (Å²) >= 11 is 0.975. The second kappa shape index (κ2) is 12.3. The molecule has 3 aromatic rings. The molecule has 13 heteroatoms. The number of esters is 1. The highest BCUT2D eigenvalue weighted by atomic mass is 32.1. The Kier molecular flexibility index (Phi) is 8.69. The van der Waals surface area contributed by atoms with Crippen molar-refractivity contribution >= 4 is 38.1 Å². The van der Waals surface area contributed by atoms with E-state index in [2.05, 4.69) is 4.90 Å². The average Bonchev–Trinajstić information content (AvgIpc) is 2.97. The van der Waals surface area contributed by atoms with Crippen LogP contribution in [0.3, 0.4) is 0 Å². The van der Waals surface area contributed by atoms with Crippen molar-refractivity contribution in [2.45, 2.75) is 38.0 Å². The Hall–Kier alpha value is -3.71. The Labute approximate surface area is 243 Å². The lowest BCUT2D eigenvalue weighted by atomic mass is 9.87. The van der Waals surface area contributed by atoms with Crippen molar-refractivity contribution in [3.8, 4) is 5.75 Å². The molecular formula is C29H30F3N3O6S. The van der Waals surface area contributed by atoms with E-state index in [1.54, 1.807) is 31.4 Å². The fourth-order valence-electron chi connectivity index (χ4n) is 5.58. The van der Waals surface area contributed by atoms with Crippen LogP contribution >= 0.6 is 11.3 Å². The Morgan fingerprint density at radius 1 is 1.05 bits per heavy atom. The molecule has 0 atom stereocenters. The molecule has 2 aliphatic rings. The van der Waals surface area contributed by atoms with Crippen LogP contribution in [0.2, 0.25) is 0 Å². The zero-order valence-electron chi connectivity index (χ0n) is 22.9. The van der Waals surface area contributed by atoms with Crippen molar-refractivity contribution in [1.82, 2.24) is 4.90 Å². The fraction of sp³-hybridized carbons (Fsp3) is 0.448. The average molecular weight is 606 g/mol. The van der Waals surface area contributed by atoms with Gasteiger partial charge in [-0.1, -0.05) is 0 Å². The fourth-order valence-corrected chi connectivity index (χ4v) is 6.77. The number of hydrogen-bond donors (Lipinski definition) is 0. The molecule has 1 saturated carbocycles. The molecule has 5 rings (SSSR count). The maximum absolute atomic E-state index is 13.3. The topological polar surface area (TPSA) is 102 Å². The SMILES string of the molecule is COc1ccc(C(=O)OC2CCC(CN3CCN(c4cc(=O)c5cc(C(F)(F)F)cc([N+](=O)[O-])c5s4)CC3)CC2)cc1. The number of non-ortho nitro benzene ring substituents is 1. The number of piperazine rings is 1. The van der Waals surface area contributed by atoms with E-state index in [1.807, 2.05) is 4.90 Å². The van der Waals surface area contributed by atoms with Crippen LogP contribution in [0.1, 0.15) is 41.6 Å². The van der Waals surface area contributed by atoms with Gasteiger partial charge in [0.25, 0.3) is 5.69 Å². The first-order valence-corrected chi connectivity index (χ1v) is 14.5. The van der Waals surface area contributed by atoms with Gasteiger partial charge in [-0.05, 0) is 61.9 Å². The van der Waals surface area contributed by atoms with Crippen molar-refractivity contribution in [1.29, 1.82) is 0 Å². The summed E-state index contributed by atoms with van der Waals surface area (Å²) in [7, 11) is 1.57. The van der Waals surface area contributed by atoms with Crippen LogP contribution in [0.5, 0.6) is 5.75 Å². The normalized spacial score (nSPS) is 20.0. The number of ether oxygens (including phenoxy) is 2. The minimum atomic E-state index is -4.80. The lowest BCUT2D eigenvalue weighted by molar-refractivity contribution is -0.383. The van der Waals surface area contributed by atoms with Gasteiger partial charge in [-0.15, -0.1) is 11.3 Å². The number of carbonyl (C=O) groups is 1. The van der Waals surface area contributed by atoms with E-state index in [4.69, 9.17) is 9.47 Å². The largest absolute Gasteiger partial charge is 0.497 e. The molecule has 1 saturated heterocycles. The number of benzene rings is 2. The maximum atomic E-state index is 13.3. The summed E-state index contributed by atoms with van der Waals surface area (Å²) in [5.41, 5.74) is -2.10. The van der Waals surface area contributed by atoms with Gasteiger partial charge < -0.3 is 14.4 Å². The zero-order chi connectivity index (χ0) is 30.0. The minimum absolute atomic E-state index is 0.0534. The molecule has 2 fully saturated rings. The molecule has 2 heterocycles. The summed E-state index contributed by atoms with van der Waals surface area (Å²) in [6.07, 6.45) is -1.43. The van der Waals surface area contributed by atoms with Gasteiger partial charge in [0, 0.05) is 50.2 Å². The number of methoxy groups -OCH3 is 1. The predicted molar refractivity (Wildman–Crippen MR) is 153 cm³/mol. The monoisotopic (exact) mass is 605 g/mol. The summed E-state index contributed by atoms with van der Waals surface area (Å²) in [4.78, 5) is 40.3. The second-order valence-electron chi connectivity index (χ2n) is 10.6. The van der Waals surface area contributed by atoms with E-state index in [9.17, 15) is 32.9 Å². The summed E-state index contributed by atoms with van der Waals surface area (Å²) in [6, 6.07) is 9.30. The second-order valence-corrected chi connectivity index (χ2v) is 11.7. The summed E-state index contributed by atoms with van der Waals surface area (Å²) < 4.78 is 50.6. The van der Waals surface area contributed by atoms with Gasteiger partial charge in [-0.2, -0.15) is 13.2 Å². The molecule has 0 amide bonds. The van der Waals surface area contributed by atoms with Crippen LogP contribution in [-0.4, -0.2) is 61.7 Å². The number of hydrogen-bond acceptors (Lipinski definition) is 9. The van der Waals surface area contributed by atoms with Crippen LogP contribution in [0.4, 0.5) is 23.9 Å². The molecule has 0 spiro atoms. The Balaban J connectivity index is 1.15. The number of fused-ring (bicyclic) bond motifs is 1. The highest BCUT2D eigenvalue weighted by Crippen LogP contribution is 2.39. The molecule has 1 aliphatic heterocycles.